The molecule has 0 aromatic heterocycles. The summed E-state index contributed by atoms with van der Waals surface area (Å²) in [5.41, 5.74) is 0.855. The lowest BCUT2D eigenvalue weighted by atomic mass is 9.72. The van der Waals surface area contributed by atoms with Gasteiger partial charge in [-0.3, -0.25) is 0 Å². The first-order valence-electron chi connectivity index (χ1n) is 7.18. The molecular weight excluding hydrogens is 224 g/mol. The lowest BCUT2D eigenvalue weighted by Crippen LogP contribution is -2.45. The number of hydrogen-bond acceptors (Lipinski definition) is 2. The minimum atomic E-state index is -0.356. The molecule has 0 saturated heterocycles. The fraction of sp³-hybridized carbons (Fsp3) is 0.625. The molecule has 1 spiro atoms. The molecular formula is C16H22O2. The van der Waals surface area contributed by atoms with Crippen LogP contribution in [-0.2, 0) is 0 Å². The number of benzene rings is 1. The van der Waals surface area contributed by atoms with Crippen molar-refractivity contribution in [1.29, 1.82) is 0 Å². The van der Waals surface area contributed by atoms with Crippen molar-refractivity contribution in [1.82, 2.24) is 0 Å². The van der Waals surface area contributed by atoms with Crippen LogP contribution in [0.2, 0.25) is 0 Å². The van der Waals surface area contributed by atoms with Gasteiger partial charge in [0.25, 0.3) is 0 Å². The fourth-order valence-electron chi connectivity index (χ4n) is 3.66. The topological polar surface area (TPSA) is 29.5 Å². The molecule has 1 fully saturated rings. The van der Waals surface area contributed by atoms with Gasteiger partial charge < -0.3 is 9.84 Å². The van der Waals surface area contributed by atoms with E-state index in [-0.39, 0.29) is 11.7 Å². The fourth-order valence-corrected chi connectivity index (χ4v) is 3.66. The van der Waals surface area contributed by atoms with Gasteiger partial charge in [-0.25, -0.2) is 0 Å². The zero-order valence-corrected chi connectivity index (χ0v) is 11.1. The first-order chi connectivity index (χ1) is 8.72. The number of fused-ring (bicyclic) bond motifs is 1. The molecule has 18 heavy (non-hydrogen) atoms. The molecule has 3 atom stereocenters. The molecule has 2 aliphatic rings. The average molecular weight is 246 g/mol. The van der Waals surface area contributed by atoms with Gasteiger partial charge in [0, 0.05) is 12.0 Å². The van der Waals surface area contributed by atoms with Crippen molar-refractivity contribution in [2.45, 2.75) is 57.2 Å². The molecule has 1 aromatic rings. The summed E-state index contributed by atoms with van der Waals surface area (Å²) < 4.78 is 6.30. The van der Waals surface area contributed by atoms with E-state index < -0.39 is 0 Å². The minimum absolute atomic E-state index is 0.104. The Bertz CT molecular complexity index is 429. The Morgan fingerprint density at radius 3 is 3.00 bits per heavy atom. The maximum absolute atomic E-state index is 10.4. The largest absolute Gasteiger partial charge is 0.487 e. The van der Waals surface area contributed by atoms with E-state index >= 15 is 0 Å². The highest BCUT2D eigenvalue weighted by atomic mass is 16.5. The molecule has 1 N–H and O–H groups in total. The third kappa shape index (κ3) is 2.03. The summed E-state index contributed by atoms with van der Waals surface area (Å²) in [5, 5.41) is 10.4. The van der Waals surface area contributed by atoms with Crippen LogP contribution in [0, 0.1) is 5.92 Å². The molecule has 1 aliphatic heterocycles. The van der Waals surface area contributed by atoms with Crippen molar-refractivity contribution >= 4 is 0 Å². The van der Waals surface area contributed by atoms with Crippen molar-refractivity contribution in [2.75, 3.05) is 0 Å². The quantitative estimate of drug-likeness (QED) is 0.815. The van der Waals surface area contributed by atoms with E-state index in [1.54, 1.807) is 0 Å². The van der Waals surface area contributed by atoms with Gasteiger partial charge >= 0.3 is 0 Å². The molecule has 2 heteroatoms. The van der Waals surface area contributed by atoms with Crippen molar-refractivity contribution < 1.29 is 9.84 Å². The van der Waals surface area contributed by atoms with Gasteiger partial charge in [-0.05, 0) is 31.2 Å². The Balaban J connectivity index is 1.88. The first-order valence-corrected chi connectivity index (χ1v) is 7.18. The van der Waals surface area contributed by atoms with Crippen molar-refractivity contribution in [3.8, 4) is 5.75 Å². The Hall–Kier alpha value is -1.02. The smallest absolute Gasteiger partial charge is 0.125 e. The number of para-hydroxylation sites is 1. The predicted octanol–water partition coefficient (Wildman–Crippen LogP) is 3.84. The van der Waals surface area contributed by atoms with Crippen molar-refractivity contribution in [3.05, 3.63) is 29.8 Å². The van der Waals surface area contributed by atoms with Gasteiger partial charge in [0.05, 0.1) is 6.10 Å². The normalized spacial score (nSPS) is 35.0. The first kappa shape index (κ1) is 12.0. The zero-order chi connectivity index (χ0) is 12.6. The summed E-state index contributed by atoms with van der Waals surface area (Å²) in [6.45, 7) is 2.26. The lowest BCUT2D eigenvalue weighted by molar-refractivity contribution is -0.0521. The summed E-state index contributed by atoms with van der Waals surface area (Å²) in [7, 11) is 0. The van der Waals surface area contributed by atoms with Gasteiger partial charge in [-0.2, -0.15) is 0 Å². The lowest BCUT2D eigenvalue weighted by Gasteiger charge is -2.45. The van der Waals surface area contributed by atoms with E-state index in [9.17, 15) is 5.11 Å². The van der Waals surface area contributed by atoms with Crippen LogP contribution in [0.1, 0.15) is 57.1 Å². The third-order valence-electron chi connectivity index (χ3n) is 4.65. The zero-order valence-electron chi connectivity index (χ0n) is 11.1. The maximum Gasteiger partial charge on any atom is 0.125 e. The third-order valence-corrected chi connectivity index (χ3v) is 4.65. The Kier molecular flexibility index (Phi) is 3.06. The summed E-state index contributed by atoms with van der Waals surface area (Å²) in [5.74, 6) is 1.66. The number of ether oxygens (including phenoxy) is 1. The van der Waals surface area contributed by atoms with Crippen LogP contribution in [-0.4, -0.2) is 10.7 Å². The van der Waals surface area contributed by atoms with Crippen LogP contribution in [0.4, 0.5) is 0 Å². The SMILES string of the molecule is CCC1CCCC2(C1)C[C@H](O)c1ccccc1O2. The predicted molar refractivity (Wildman–Crippen MR) is 71.6 cm³/mol. The highest BCUT2D eigenvalue weighted by molar-refractivity contribution is 5.38. The van der Waals surface area contributed by atoms with Gasteiger partial charge in [-0.1, -0.05) is 38.0 Å². The molecule has 0 amide bonds. The van der Waals surface area contributed by atoms with Crippen molar-refractivity contribution in [2.24, 2.45) is 5.92 Å². The van der Waals surface area contributed by atoms with Crippen LogP contribution in [0.15, 0.2) is 24.3 Å². The second kappa shape index (κ2) is 4.58. The average Bonchev–Trinajstić information content (AvgIpc) is 2.38. The minimum Gasteiger partial charge on any atom is -0.487 e. The number of aliphatic hydroxyl groups excluding tert-OH is 1. The summed E-state index contributed by atoms with van der Waals surface area (Å²) in [6, 6.07) is 7.94. The molecule has 1 aromatic carbocycles. The molecule has 0 bridgehead atoms. The van der Waals surface area contributed by atoms with Crippen LogP contribution >= 0.6 is 0 Å². The van der Waals surface area contributed by atoms with E-state index in [1.165, 1.54) is 19.3 Å². The Morgan fingerprint density at radius 2 is 2.17 bits per heavy atom. The maximum atomic E-state index is 10.4. The Labute approximate surface area is 109 Å². The monoisotopic (exact) mass is 246 g/mol. The summed E-state index contributed by atoms with van der Waals surface area (Å²) >= 11 is 0. The van der Waals surface area contributed by atoms with E-state index in [2.05, 4.69) is 6.92 Å². The van der Waals surface area contributed by atoms with Gasteiger partial charge in [-0.15, -0.1) is 0 Å². The molecule has 1 heterocycles. The second-order valence-electron chi connectivity index (χ2n) is 5.91. The molecule has 1 aliphatic carbocycles. The van der Waals surface area contributed by atoms with Crippen molar-refractivity contribution in [3.63, 3.8) is 0 Å². The number of aliphatic hydroxyl groups is 1. The van der Waals surface area contributed by atoms with E-state index in [0.29, 0.717) is 0 Å². The van der Waals surface area contributed by atoms with Gasteiger partial charge in [0.2, 0.25) is 0 Å². The van der Waals surface area contributed by atoms with E-state index in [1.807, 2.05) is 24.3 Å². The molecule has 2 unspecified atom stereocenters. The standard InChI is InChI=1S/C16H22O2/c1-2-12-6-5-9-16(10-12)11-14(17)13-7-3-4-8-15(13)18-16/h3-4,7-8,12,14,17H,2,5-6,9-11H2,1H3/t12?,14-,16?/m0/s1. The van der Waals surface area contributed by atoms with Crippen LogP contribution in [0.3, 0.4) is 0 Å². The van der Waals surface area contributed by atoms with Crippen LogP contribution in [0.25, 0.3) is 0 Å². The molecule has 0 radical (unpaired) electrons. The van der Waals surface area contributed by atoms with E-state index in [0.717, 1.165) is 36.5 Å². The highest BCUT2D eigenvalue weighted by Gasteiger charge is 2.43. The van der Waals surface area contributed by atoms with Crippen LogP contribution < -0.4 is 4.74 Å². The summed E-state index contributed by atoms with van der Waals surface area (Å²) in [6.07, 6.45) is 6.38. The number of rotatable bonds is 1. The highest BCUT2D eigenvalue weighted by Crippen LogP contribution is 2.47. The Morgan fingerprint density at radius 1 is 1.33 bits per heavy atom. The van der Waals surface area contributed by atoms with Gasteiger partial charge in [0.15, 0.2) is 0 Å². The second-order valence-corrected chi connectivity index (χ2v) is 5.91. The van der Waals surface area contributed by atoms with Gasteiger partial charge in [0.1, 0.15) is 11.4 Å². The molecule has 98 valence electrons. The summed E-state index contributed by atoms with van der Waals surface area (Å²) in [4.78, 5) is 0. The molecule has 1 saturated carbocycles. The number of hydrogen-bond donors (Lipinski definition) is 1. The molecule has 2 nitrogen and oxygen atoms in total. The van der Waals surface area contributed by atoms with E-state index in [4.69, 9.17) is 4.74 Å². The molecule has 3 rings (SSSR count). The van der Waals surface area contributed by atoms with Crippen LogP contribution in [0.5, 0.6) is 5.75 Å².